The number of fused-ring (bicyclic) bond motifs is 13. The fourth-order valence-electron chi connectivity index (χ4n) is 8.95. The van der Waals surface area contributed by atoms with Gasteiger partial charge in [-0.1, -0.05) is 114 Å². The van der Waals surface area contributed by atoms with Gasteiger partial charge in [-0.25, -0.2) is 0 Å². The number of allylic oxidation sites excluding steroid dienone is 4. The van der Waals surface area contributed by atoms with Gasteiger partial charge >= 0.3 is 0 Å². The molecule has 0 aliphatic heterocycles. The SMILES string of the molecule is CC.CC1(C)C2=C(CCC=C2)c2ccc(-n3c4ccccc4c4c5c(ccc43)C(C)(C)c3ccc4c(oc6ccccc64)c3-5)cc21. The molecule has 7 aromatic rings. The first-order valence-corrected chi connectivity index (χ1v) is 16.9. The summed E-state index contributed by atoms with van der Waals surface area (Å²) in [6.45, 7) is 13.5. The third-order valence-electron chi connectivity index (χ3n) is 11.1. The number of furan rings is 1. The number of aromatic nitrogens is 1. The summed E-state index contributed by atoms with van der Waals surface area (Å²) in [7, 11) is 0. The summed E-state index contributed by atoms with van der Waals surface area (Å²) in [6, 6.07) is 33.9. The predicted octanol–water partition coefficient (Wildman–Crippen LogP) is 12.4. The summed E-state index contributed by atoms with van der Waals surface area (Å²) in [5.74, 6) is 0. The Balaban J connectivity index is 0.00000143. The Labute approximate surface area is 270 Å². The van der Waals surface area contributed by atoms with Crippen LogP contribution in [0.5, 0.6) is 0 Å². The van der Waals surface area contributed by atoms with Gasteiger partial charge in [-0.2, -0.15) is 0 Å². The van der Waals surface area contributed by atoms with Crippen LogP contribution in [0.4, 0.5) is 0 Å². The van der Waals surface area contributed by atoms with Gasteiger partial charge in [0.15, 0.2) is 0 Å². The molecule has 226 valence electrons. The number of nitrogens with zero attached hydrogens (tertiary/aromatic N) is 1. The zero-order valence-electron chi connectivity index (χ0n) is 27.6. The van der Waals surface area contributed by atoms with Crippen LogP contribution in [-0.4, -0.2) is 4.57 Å². The average molecular weight is 598 g/mol. The summed E-state index contributed by atoms with van der Waals surface area (Å²) >= 11 is 0. The molecule has 0 saturated carbocycles. The summed E-state index contributed by atoms with van der Waals surface area (Å²) < 4.78 is 9.20. The smallest absolute Gasteiger partial charge is 0.143 e. The van der Waals surface area contributed by atoms with Crippen LogP contribution >= 0.6 is 0 Å². The van der Waals surface area contributed by atoms with E-state index in [-0.39, 0.29) is 10.8 Å². The molecular weight excluding hydrogens is 558 g/mol. The van der Waals surface area contributed by atoms with Gasteiger partial charge < -0.3 is 8.98 Å². The Bertz CT molecular complexity index is 2490. The molecule has 0 radical (unpaired) electrons. The Morgan fingerprint density at radius 1 is 0.652 bits per heavy atom. The van der Waals surface area contributed by atoms with Gasteiger partial charge in [-0.3, -0.25) is 0 Å². The lowest BCUT2D eigenvalue weighted by atomic mass is 9.80. The largest absolute Gasteiger partial charge is 0.455 e. The molecule has 3 aliphatic rings. The summed E-state index contributed by atoms with van der Waals surface area (Å²) in [5.41, 5.74) is 16.7. The Kier molecular flexibility index (Phi) is 5.59. The maximum absolute atomic E-state index is 6.70. The Hall–Kier alpha value is -4.82. The third kappa shape index (κ3) is 3.32. The highest BCUT2D eigenvalue weighted by molar-refractivity contribution is 6.22. The molecule has 0 atom stereocenters. The van der Waals surface area contributed by atoms with Gasteiger partial charge in [0, 0.05) is 43.6 Å². The first-order chi connectivity index (χ1) is 22.4. The maximum Gasteiger partial charge on any atom is 0.143 e. The van der Waals surface area contributed by atoms with Crippen LogP contribution in [0.15, 0.2) is 113 Å². The van der Waals surface area contributed by atoms with Gasteiger partial charge in [-0.15, -0.1) is 0 Å². The van der Waals surface area contributed by atoms with Crippen molar-refractivity contribution in [2.75, 3.05) is 0 Å². The van der Waals surface area contributed by atoms with Crippen molar-refractivity contribution in [1.29, 1.82) is 0 Å². The van der Waals surface area contributed by atoms with E-state index >= 15 is 0 Å². The van der Waals surface area contributed by atoms with Crippen molar-refractivity contribution >= 4 is 49.3 Å². The molecule has 5 aromatic carbocycles. The zero-order valence-corrected chi connectivity index (χ0v) is 27.6. The van der Waals surface area contributed by atoms with Crippen molar-refractivity contribution in [1.82, 2.24) is 4.57 Å². The number of hydrogen-bond donors (Lipinski definition) is 0. The highest BCUT2D eigenvalue weighted by Gasteiger charge is 2.40. The average Bonchev–Trinajstić information content (AvgIpc) is 3.76. The first-order valence-electron chi connectivity index (χ1n) is 16.9. The van der Waals surface area contributed by atoms with Crippen LogP contribution < -0.4 is 0 Å². The molecule has 2 heterocycles. The minimum Gasteiger partial charge on any atom is -0.455 e. The van der Waals surface area contributed by atoms with Gasteiger partial charge in [0.25, 0.3) is 0 Å². The highest BCUT2D eigenvalue weighted by atomic mass is 16.3. The number of para-hydroxylation sites is 2. The van der Waals surface area contributed by atoms with Crippen molar-refractivity contribution in [3.05, 3.63) is 131 Å². The van der Waals surface area contributed by atoms with Crippen LogP contribution in [0, 0.1) is 0 Å². The van der Waals surface area contributed by atoms with Crippen LogP contribution in [0.3, 0.4) is 0 Å². The molecule has 0 bridgehead atoms. The molecule has 0 unspecified atom stereocenters. The molecule has 0 amide bonds. The fourth-order valence-corrected chi connectivity index (χ4v) is 8.95. The van der Waals surface area contributed by atoms with Gasteiger partial charge in [0.05, 0.1) is 11.0 Å². The second kappa shape index (κ2) is 9.36. The lowest BCUT2D eigenvalue weighted by Gasteiger charge is -2.24. The minimum atomic E-state index is -0.134. The van der Waals surface area contributed by atoms with E-state index in [1.54, 1.807) is 0 Å². The minimum absolute atomic E-state index is 0.00648. The molecule has 3 aliphatic carbocycles. The fraction of sp³-hybridized carbons (Fsp3) is 0.227. The van der Waals surface area contributed by atoms with Crippen molar-refractivity contribution in [3.8, 4) is 16.8 Å². The van der Waals surface area contributed by atoms with E-state index in [2.05, 4.69) is 135 Å². The van der Waals surface area contributed by atoms with Gasteiger partial charge in [0.2, 0.25) is 0 Å². The van der Waals surface area contributed by atoms with Crippen molar-refractivity contribution in [3.63, 3.8) is 0 Å². The third-order valence-corrected chi connectivity index (χ3v) is 11.1. The molecule has 0 spiro atoms. The predicted molar refractivity (Wildman–Crippen MR) is 195 cm³/mol. The second-order valence-electron chi connectivity index (χ2n) is 14.0. The number of rotatable bonds is 1. The topological polar surface area (TPSA) is 18.1 Å². The van der Waals surface area contributed by atoms with Gasteiger partial charge in [-0.05, 0) is 82.1 Å². The monoisotopic (exact) mass is 597 g/mol. The molecule has 10 rings (SSSR count). The lowest BCUT2D eigenvalue weighted by Crippen LogP contribution is -2.17. The molecule has 2 heteroatoms. The quantitative estimate of drug-likeness (QED) is 0.184. The first kappa shape index (κ1) is 27.5. The van der Waals surface area contributed by atoms with E-state index in [0.29, 0.717) is 0 Å². The molecule has 0 N–H and O–H groups in total. The van der Waals surface area contributed by atoms with E-state index in [9.17, 15) is 0 Å². The molecule has 0 saturated heterocycles. The summed E-state index contributed by atoms with van der Waals surface area (Å²) in [4.78, 5) is 0. The maximum atomic E-state index is 6.70. The molecule has 2 aromatic heterocycles. The van der Waals surface area contributed by atoms with E-state index in [1.807, 2.05) is 13.8 Å². The lowest BCUT2D eigenvalue weighted by molar-refractivity contribution is 0.651. The Morgan fingerprint density at radius 2 is 1.39 bits per heavy atom. The molecule has 2 nitrogen and oxygen atoms in total. The summed E-state index contributed by atoms with van der Waals surface area (Å²) in [6.07, 6.45) is 6.98. The van der Waals surface area contributed by atoms with E-state index < -0.39 is 0 Å². The molecule has 46 heavy (non-hydrogen) atoms. The van der Waals surface area contributed by atoms with Crippen LogP contribution in [0.1, 0.15) is 76.6 Å². The second-order valence-corrected chi connectivity index (χ2v) is 14.0. The zero-order chi connectivity index (χ0) is 31.5. The van der Waals surface area contributed by atoms with Gasteiger partial charge in [0.1, 0.15) is 11.2 Å². The van der Waals surface area contributed by atoms with Crippen molar-refractivity contribution in [2.45, 2.75) is 65.2 Å². The molecular formula is C44H39NO. The van der Waals surface area contributed by atoms with Crippen molar-refractivity contribution in [2.24, 2.45) is 0 Å². The van der Waals surface area contributed by atoms with Crippen LogP contribution in [-0.2, 0) is 10.8 Å². The number of benzene rings is 5. The van der Waals surface area contributed by atoms with E-state index in [4.69, 9.17) is 4.42 Å². The summed E-state index contributed by atoms with van der Waals surface area (Å²) in [5, 5.41) is 4.97. The van der Waals surface area contributed by atoms with Crippen molar-refractivity contribution < 1.29 is 4.42 Å². The Morgan fingerprint density at radius 3 is 2.24 bits per heavy atom. The molecule has 0 fully saturated rings. The van der Waals surface area contributed by atoms with E-state index in [1.165, 1.54) is 82.8 Å². The normalized spacial score (nSPS) is 16.9. The standard InChI is InChI=1S/C42H33NO.C2H6/c1-41(2)30-14-8-5-11-25(30)26-18-17-24(23-33(26)41)43-34-15-9-6-13-29(34)37-35(43)22-21-31-38(37)39-32(42(31,3)4)20-19-28-27-12-7-10-16-36(27)44-40(28)39;1-2/h6-10,12-23H,5,11H2,1-4H3;1-2H3. The number of hydrogen-bond acceptors (Lipinski definition) is 1. The van der Waals surface area contributed by atoms with Crippen LogP contribution in [0.2, 0.25) is 0 Å². The van der Waals surface area contributed by atoms with Crippen LogP contribution in [0.25, 0.3) is 66.1 Å². The highest BCUT2D eigenvalue weighted by Crippen LogP contribution is 2.56. The van der Waals surface area contributed by atoms with E-state index in [0.717, 1.165) is 24.0 Å².